The van der Waals surface area contributed by atoms with E-state index in [1.54, 1.807) is 0 Å². The largest absolute Gasteiger partial charge is 0.351 e. The van der Waals surface area contributed by atoms with Gasteiger partial charge in [-0.15, -0.1) is 0 Å². The van der Waals surface area contributed by atoms with Crippen LogP contribution in [0.5, 0.6) is 0 Å². The summed E-state index contributed by atoms with van der Waals surface area (Å²) in [6.45, 7) is 12.9. The summed E-state index contributed by atoms with van der Waals surface area (Å²) in [5, 5.41) is 5.84. The number of carbonyl (C=O) groups excluding carboxylic acids is 2. The highest BCUT2D eigenvalue weighted by Crippen LogP contribution is 2.13. The Labute approximate surface area is 159 Å². The van der Waals surface area contributed by atoms with Crippen molar-refractivity contribution in [1.82, 2.24) is 10.6 Å². The summed E-state index contributed by atoms with van der Waals surface area (Å²) in [6, 6.07) is -0.751. The predicted octanol–water partition coefficient (Wildman–Crippen LogP) is 3.39. The number of hydrogen-bond acceptors (Lipinski definition) is 4. The normalized spacial score (nSPS) is 13.7. The van der Waals surface area contributed by atoms with Crippen molar-refractivity contribution in [2.24, 2.45) is 5.92 Å². The molecule has 2 amide bonds. The molecule has 0 rings (SSSR count). The highest BCUT2D eigenvalue weighted by molar-refractivity contribution is 5.87. The lowest BCUT2D eigenvalue weighted by Gasteiger charge is -2.30. The summed E-state index contributed by atoms with van der Waals surface area (Å²) in [4.78, 5) is 24.3. The van der Waals surface area contributed by atoms with Gasteiger partial charge >= 0.3 is 0 Å². The molecule has 0 fully saturated rings. The van der Waals surface area contributed by atoms with E-state index in [-0.39, 0.29) is 17.9 Å². The van der Waals surface area contributed by atoms with Gasteiger partial charge in [-0.2, -0.15) is 0 Å². The number of amides is 2. The fourth-order valence-electron chi connectivity index (χ4n) is 2.68. The smallest absolute Gasteiger partial charge is 0.242 e. The summed E-state index contributed by atoms with van der Waals surface area (Å²) in [5.74, 6) is -0.0627. The van der Waals surface area contributed by atoms with E-state index in [1.165, 1.54) is 6.92 Å². The van der Waals surface area contributed by atoms with E-state index in [4.69, 9.17) is 9.47 Å². The van der Waals surface area contributed by atoms with Crippen molar-refractivity contribution < 1.29 is 19.1 Å². The van der Waals surface area contributed by atoms with Gasteiger partial charge in [-0.05, 0) is 31.6 Å². The molecule has 0 aromatic heterocycles. The van der Waals surface area contributed by atoms with Crippen LogP contribution in [0.15, 0.2) is 0 Å². The highest BCUT2D eigenvalue weighted by atomic mass is 16.7. The molecule has 0 aromatic carbocycles. The Kier molecular flexibility index (Phi) is 14.3. The first-order valence-electron chi connectivity index (χ1n) is 10.2. The molecule has 6 nitrogen and oxygen atoms in total. The zero-order valence-electron chi connectivity index (χ0n) is 17.6. The zero-order chi connectivity index (χ0) is 19.9. The van der Waals surface area contributed by atoms with Crippen molar-refractivity contribution >= 4 is 11.8 Å². The minimum absolute atomic E-state index is 0.166. The highest BCUT2D eigenvalue weighted by Gasteiger charge is 2.28. The van der Waals surface area contributed by atoms with Crippen molar-refractivity contribution in [2.75, 3.05) is 13.2 Å². The van der Waals surface area contributed by atoms with E-state index in [9.17, 15) is 9.59 Å². The van der Waals surface area contributed by atoms with Crippen LogP contribution in [0.3, 0.4) is 0 Å². The van der Waals surface area contributed by atoms with Crippen molar-refractivity contribution in [2.45, 2.75) is 98.4 Å². The number of hydrogen-bond donors (Lipinski definition) is 2. The van der Waals surface area contributed by atoms with Gasteiger partial charge in [0.05, 0.1) is 6.04 Å². The second-order valence-electron chi connectivity index (χ2n) is 7.25. The number of nitrogens with one attached hydrogen (secondary N) is 2. The maximum atomic E-state index is 12.8. The second kappa shape index (κ2) is 15.0. The minimum Gasteiger partial charge on any atom is -0.351 e. The SMILES string of the molecule is CCCCC(NC(=O)[C@H](CC(C)C)NC(C)=O)C(OCCC)OCCC. The third kappa shape index (κ3) is 11.5. The summed E-state index contributed by atoms with van der Waals surface area (Å²) in [6.07, 6.45) is 4.72. The molecule has 0 aliphatic rings. The fraction of sp³-hybridized carbons (Fsp3) is 0.900. The Balaban J connectivity index is 5.13. The van der Waals surface area contributed by atoms with Gasteiger partial charge in [0.25, 0.3) is 0 Å². The van der Waals surface area contributed by atoms with Crippen LogP contribution in [0.2, 0.25) is 0 Å². The first-order valence-corrected chi connectivity index (χ1v) is 10.2. The molecule has 0 saturated carbocycles. The zero-order valence-corrected chi connectivity index (χ0v) is 17.6. The first kappa shape index (κ1) is 24.9. The summed E-state index contributed by atoms with van der Waals surface area (Å²) in [5.41, 5.74) is 0. The Bertz CT molecular complexity index is 380. The molecule has 0 heterocycles. The van der Waals surface area contributed by atoms with Crippen LogP contribution < -0.4 is 10.6 Å². The molecule has 0 aliphatic carbocycles. The molecule has 2 atom stereocenters. The molecule has 6 heteroatoms. The predicted molar refractivity (Wildman–Crippen MR) is 105 cm³/mol. The van der Waals surface area contributed by atoms with Crippen molar-refractivity contribution in [1.29, 1.82) is 0 Å². The van der Waals surface area contributed by atoms with E-state index in [2.05, 4.69) is 17.6 Å². The van der Waals surface area contributed by atoms with Gasteiger partial charge in [0.2, 0.25) is 11.8 Å². The average Bonchev–Trinajstić information content (AvgIpc) is 2.57. The van der Waals surface area contributed by atoms with Crippen LogP contribution in [0.4, 0.5) is 0 Å². The number of ether oxygens (including phenoxy) is 2. The number of unbranched alkanes of at least 4 members (excludes halogenated alkanes) is 1. The van der Waals surface area contributed by atoms with E-state index < -0.39 is 12.3 Å². The molecule has 0 aromatic rings. The van der Waals surface area contributed by atoms with Gasteiger partial charge in [-0.3, -0.25) is 9.59 Å². The van der Waals surface area contributed by atoms with Crippen LogP contribution in [0.25, 0.3) is 0 Å². The molecule has 2 N–H and O–H groups in total. The molecule has 0 aliphatic heterocycles. The lowest BCUT2D eigenvalue weighted by atomic mass is 10.0. The monoisotopic (exact) mass is 372 g/mol. The Morgan fingerprint density at radius 1 is 0.923 bits per heavy atom. The van der Waals surface area contributed by atoms with Gasteiger partial charge in [0.15, 0.2) is 6.29 Å². The third-order valence-electron chi connectivity index (χ3n) is 3.90. The summed E-state index contributed by atoms with van der Waals surface area (Å²) in [7, 11) is 0. The topological polar surface area (TPSA) is 76.7 Å². The lowest BCUT2D eigenvalue weighted by Crippen LogP contribution is -2.53. The Morgan fingerprint density at radius 3 is 1.92 bits per heavy atom. The van der Waals surface area contributed by atoms with Crippen LogP contribution in [0, 0.1) is 5.92 Å². The molecule has 0 saturated heterocycles. The van der Waals surface area contributed by atoms with Crippen LogP contribution in [-0.2, 0) is 19.1 Å². The first-order chi connectivity index (χ1) is 12.3. The molecule has 0 spiro atoms. The van der Waals surface area contributed by atoms with Crippen molar-refractivity contribution in [3.8, 4) is 0 Å². The van der Waals surface area contributed by atoms with Crippen LogP contribution in [-0.4, -0.2) is 43.4 Å². The number of rotatable bonds is 15. The summed E-state index contributed by atoms with van der Waals surface area (Å²) >= 11 is 0. The van der Waals surface area contributed by atoms with Crippen molar-refractivity contribution in [3.05, 3.63) is 0 Å². The molecular formula is C20H40N2O4. The summed E-state index contributed by atoms with van der Waals surface area (Å²) < 4.78 is 11.7. The lowest BCUT2D eigenvalue weighted by molar-refractivity contribution is -0.165. The number of carbonyl (C=O) groups is 2. The molecular weight excluding hydrogens is 332 g/mol. The quantitative estimate of drug-likeness (QED) is 0.432. The fourth-order valence-corrected chi connectivity index (χ4v) is 2.68. The Hall–Kier alpha value is -1.14. The average molecular weight is 373 g/mol. The van der Waals surface area contributed by atoms with Crippen LogP contribution >= 0.6 is 0 Å². The molecule has 0 bridgehead atoms. The van der Waals surface area contributed by atoms with Crippen molar-refractivity contribution in [3.63, 3.8) is 0 Å². The van der Waals surface area contributed by atoms with Crippen LogP contribution in [0.1, 0.15) is 80.1 Å². The van der Waals surface area contributed by atoms with E-state index in [0.717, 1.165) is 32.1 Å². The molecule has 154 valence electrons. The van der Waals surface area contributed by atoms with E-state index in [1.807, 2.05) is 27.7 Å². The van der Waals surface area contributed by atoms with Gasteiger partial charge in [0.1, 0.15) is 6.04 Å². The third-order valence-corrected chi connectivity index (χ3v) is 3.90. The van der Waals surface area contributed by atoms with Gasteiger partial charge in [-0.25, -0.2) is 0 Å². The second-order valence-corrected chi connectivity index (χ2v) is 7.25. The minimum atomic E-state index is -0.533. The molecule has 0 radical (unpaired) electrons. The van der Waals surface area contributed by atoms with Gasteiger partial charge in [0, 0.05) is 20.1 Å². The van der Waals surface area contributed by atoms with E-state index in [0.29, 0.717) is 25.6 Å². The van der Waals surface area contributed by atoms with Gasteiger partial charge in [-0.1, -0.05) is 47.5 Å². The standard InChI is InChI=1S/C20H40N2O4/c1-7-10-11-17(20(25-12-8-2)26-13-9-3)22-19(24)18(14-15(4)5)21-16(6)23/h15,17-18,20H,7-14H2,1-6H3,(H,21,23)(H,22,24)/t17?,18-/m0/s1. The molecule has 26 heavy (non-hydrogen) atoms. The Morgan fingerprint density at radius 2 is 1.50 bits per heavy atom. The van der Waals surface area contributed by atoms with E-state index >= 15 is 0 Å². The maximum Gasteiger partial charge on any atom is 0.242 e. The maximum absolute atomic E-state index is 12.8. The van der Waals surface area contributed by atoms with Gasteiger partial charge < -0.3 is 20.1 Å². The molecule has 1 unspecified atom stereocenters.